The number of hydrogen-bond donors (Lipinski definition) is 1. The molecule has 0 saturated carbocycles. The molecule has 0 aliphatic carbocycles. The summed E-state index contributed by atoms with van der Waals surface area (Å²) >= 11 is 1.57. The van der Waals surface area contributed by atoms with Crippen LogP contribution in [-0.2, 0) is 22.5 Å². The number of nitrogens with zero attached hydrogens (tertiary/aromatic N) is 2. The van der Waals surface area contributed by atoms with Crippen LogP contribution in [0.15, 0.2) is 35.7 Å². The average Bonchev–Trinajstić information content (AvgIpc) is 3.33. The summed E-state index contributed by atoms with van der Waals surface area (Å²) in [5, 5.41) is 5.87. The number of aromatic nitrogens is 1. The number of nitrogens with one attached hydrogen (secondary N) is 1. The second-order valence-electron chi connectivity index (χ2n) is 7.09. The van der Waals surface area contributed by atoms with Gasteiger partial charge < -0.3 is 10.1 Å². The number of thiazole rings is 1. The van der Waals surface area contributed by atoms with E-state index >= 15 is 0 Å². The van der Waals surface area contributed by atoms with Gasteiger partial charge in [-0.2, -0.15) is 0 Å². The zero-order valence-electron chi connectivity index (χ0n) is 14.2. The van der Waals surface area contributed by atoms with E-state index < -0.39 is 0 Å². The van der Waals surface area contributed by atoms with Crippen LogP contribution in [0.3, 0.4) is 0 Å². The van der Waals surface area contributed by atoms with E-state index in [1.165, 1.54) is 12.8 Å². The Hall–Kier alpha value is -1.76. The molecule has 1 spiro atoms. The van der Waals surface area contributed by atoms with Crippen molar-refractivity contribution in [2.24, 2.45) is 5.41 Å². The predicted octanol–water partition coefficient (Wildman–Crippen LogP) is 2.94. The van der Waals surface area contributed by atoms with Crippen LogP contribution < -0.4 is 5.32 Å². The molecule has 2 saturated heterocycles. The molecule has 2 fully saturated rings. The van der Waals surface area contributed by atoms with E-state index in [4.69, 9.17) is 4.74 Å². The van der Waals surface area contributed by atoms with E-state index in [1.807, 2.05) is 30.3 Å². The number of para-hydroxylation sites is 1. The van der Waals surface area contributed by atoms with Gasteiger partial charge in [-0.15, -0.1) is 11.3 Å². The molecule has 1 N–H and O–H groups in total. The van der Waals surface area contributed by atoms with Crippen LogP contribution >= 0.6 is 11.3 Å². The summed E-state index contributed by atoms with van der Waals surface area (Å²) in [4.78, 5) is 19.3. The molecule has 1 aromatic carbocycles. The number of anilines is 1. The van der Waals surface area contributed by atoms with Crippen LogP contribution in [-0.4, -0.2) is 42.1 Å². The first-order chi connectivity index (χ1) is 12.2. The Bertz CT molecular complexity index is 725. The van der Waals surface area contributed by atoms with Crippen molar-refractivity contribution in [2.75, 3.05) is 31.6 Å². The summed E-state index contributed by atoms with van der Waals surface area (Å²) in [6, 6.07) is 9.54. The molecule has 0 bridgehead atoms. The van der Waals surface area contributed by atoms with Gasteiger partial charge in [-0.1, -0.05) is 18.2 Å². The first-order valence-electron chi connectivity index (χ1n) is 8.79. The molecular weight excluding hydrogens is 334 g/mol. The SMILES string of the molecule is O=C(Cc1nc(CN2CCC3(CCOC3)C2)cs1)Nc1ccccc1. The van der Waals surface area contributed by atoms with Gasteiger partial charge in [0.05, 0.1) is 18.7 Å². The number of ether oxygens (including phenoxy) is 1. The average molecular weight is 357 g/mol. The molecule has 1 aromatic heterocycles. The minimum atomic E-state index is -0.0182. The maximum absolute atomic E-state index is 12.1. The van der Waals surface area contributed by atoms with Gasteiger partial charge in [0.1, 0.15) is 5.01 Å². The molecule has 2 aromatic rings. The molecule has 25 heavy (non-hydrogen) atoms. The van der Waals surface area contributed by atoms with Crippen molar-refractivity contribution in [1.82, 2.24) is 9.88 Å². The Morgan fingerprint density at radius 2 is 2.20 bits per heavy atom. The fraction of sp³-hybridized carbons (Fsp3) is 0.474. The number of carbonyl (C=O) groups is 1. The zero-order valence-corrected chi connectivity index (χ0v) is 15.1. The van der Waals surface area contributed by atoms with Crippen LogP contribution in [0.5, 0.6) is 0 Å². The smallest absolute Gasteiger partial charge is 0.231 e. The second kappa shape index (κ2) is 7.23. The Balaban J connectivity index is 1.29. The lowest BCUT2D eigenvalue weighted by Crippen LogP contribution is -2.27. The summed E-state index contributed by atoms with van der Waals surface area (Å²) in [6.07, 6.45) is 2.74. The van der Waals surface area contributed by atoms with Gasteiger partial charge in [-0.25, -0.2) is 4.98 Å². The third-order valence-corrected chi connectivity index (χ3v) is 5.95. The highest BCUT2D eigenvalue weighted by atomic mass is 32.1. The maximum Gasteiger partial charge on any atom is 0.231 e. The minimum Gasteiger partial charge on any atom is -0.381 e. The van der Waals surface area contributed by atoms with E-state index in [0.717, 1.165) is 49.2 Å². The number of carbonyl (C=O) groups excluding carboxylic acids is 1. The molecular formula is C19H23N3O2S. The van der Waals surface area contributed by atoms with E-state index in [1.54, 1.807) is 11.3 Å². The summed E-state index contributed by atoms with van der Waals surface area (Å²) < 4.78 is 5.59. The lowest BCUT2D eigenvalue weighted by molar-refractivity contribution is -0.115. The quantitative estimate of drug-likeness (QED) is 0.894. The van der Waals surface area contributed by atoms with E-state index in [0.29, 0.717) is 11.8 Å². The fourth-order valence-electron chi connectivity index (χ4n) is 3.73. The highest BCUT2D eigenvalue weighted by molar-refractivity contribution is 7.09. The van der Waals surface area contributed by atoms with Gasteiger partial charge in [-0.05, 0) is 31.5 Å². The summed E-state index contributed by atoms with van der Waals surface area (Å²) in [5.41, 5.74) is 2.28. The molecule has 132 valence electrons. The van der Waals surface area contributed by atoms with Gasteiger partial charge >= 0.3 is 0 Å². The zero-order chi connectivity index (χ0) is 17.1. The fourth-order valence-corrected chi connectivity index (χ4v) is 4.51. The first-order valence-corrected chi connectivity index (χ1v) is 9.67. The monoisotopic (exact) mass is 357 g/mol. The number of likely N-dealkylation sites (tertiary alicyclic amines) is 1. The normalized spacial score (nSPS) is 23.4. The summed E-state index contributed by atoms with van der Waals surface area (Å²) in [6.45, 7) is 4.91. The van der Waals surface area contributed by atoms with Crippen LogP contribution in [0.25, 0.3) is 0 Å². The van der Waals surface area contributed by atoms with Gasteiger partial charge in [0, 0.05) is 36.2 Å². The Kier molecular flexibility index (Phi) is 4.83. The lowest BCUT2D eigenvalue weighted by atomic mass is 9.87. The molecule has 1 atom stereocenters. The first kappa shape index (κ1) is 16.7. The van der Waals surface area contributed by atoms with Crippen molar-refractivity contribution >= 4 is 22.9 Å². The van der Waals surface area contributed by atoms with Gasteiger partial charge in [0.15, 0.2) is 0 Å². The molecule has 4 rings (SSSR count). The molecule has 1 unspecified atom stereocenters. The molecule has 1 amide bonds. The Labute approximate surface area is 152 Å². The molecule has 0 radical (unpaired) electrons. The third-order valence-electron chi connectivity index (χ3n) is 5.06. The highest BCUT2D eigenvalue weighted by Crippen LogP contribution is 2.38. The van der Waals surface area contributed by atoms with Crippen molar-refractivity contribution in [2.45, 2.75) is 25.8 Å². The maximum atomic E-state index is 12.1. The molecule has 2 aliphatic heterocycles. The van der Waals surface area contributed by atoms with Crippen molar-refractivity contribution in [1.29, 1.82) is 0 Å². The van der Waals surface area contributed by atoms with Crippen LogP contribution in [0.4, 0.5) is 5.69 Å². The van der Waals surface area contributed by atoms with E-state index in [2.05, 4.69) is 20.6 Å². The largest absolute Gasteiger partial charge is 0.381 e. The predicted molar refractivity (Wildman–Crippen MR) is 98.7 cm³/mol. The van der Waals surface area contributed by atoms with Crippen LogP contribution in [0.2, 0.25) is 0 Å². The van der Waals surface area contributed by atoms with Crippen molar-refractivity contribution in [3.05, 3.63) is 46.4 Å². The number of hydrogen-bond acceptors (Lipinski definition) is 5. The summed E-state index contributed by atoms with van der Waals surface area (Å²) in [5.74, 6) is -0.0182. The topological polar surface area (TPSA) is 54.5 Å². The molecule has 5 nitrogen and oxygen atoms in total. The number of rotatable bonds is 5. The van der Waals surface area contributed by atoms with Crippen molar-refractivity contribution < 1.29 is 9.53 Å². The Morgan fingerprint density at radius 1 is 1.32 bits per heavy atom. The standard InChI is InChI=1S/C19H23N3O2S/c23-17(20-15-4-2-1-3-5-15)10-18-21-16(12-25-18)11-22-8-6-19(13-22)7-9-24-14-19/h1-5,12H,6-11,13-14H2,(H,20,23). The van der Waals surface area contributed by atoms with Gasteiger partial charge in [-0.3, -0.25) is 9.69 Å². The Morgan fingerprint density at radius 3 is 3.00 bits per heavy atom. The lowest BCUT2D eigenvalue weighted by Gasteiger charge is -2.21. The molecule has 6 heteroatoms. The number of benzene rings is 1. The van der Waals surface area contributed by atoms with Crippen LogP contribution in [0.1, 0.15) is 23.5 Å². The highest BCUT2D eigenvalue weighted by Gasteiger charge is 2.41. The van der Waals surface area contributed by atoms with E-state index in [9.17, 15) is 4.79 Å². The van der Waals surface area contributed by atoms with Crippen molar-refractivity contribution in [3.8, 4) is 0 Å². The second-order valence-corrected chi connectivity index (χ2v) is 8.03. The van der Waals surface area contributed by atoms with Gasteiger partial charge in [0.2, 0.25) is 5.91 Å². The van der Waals surface area contributed by atoms with E-state index in [-0.39, 0.29) is 5.91 Å². The molecule has 2 aliphatic rings. The number of amides is 1. The van der Waals surface area contributed by atoms with Crippen molar-refractivity contribution in [3.63, 3.8) is 0 Å². The van der Waals surface area contributed by atoms with Crippen LogP contribution in [0, 0.1) is 5.41 Å². The van der Waals surface area contributed by atoms with Gasteiger partial charge in [0.25, 0.3) is 0 Å². The molecule has 3 heterocycles. The minimum absolute atomic E-state index is 0.0182. The summed E-state index contributed by atoms with van der Waals surface area (Å²) in [7, 11) is 0. The third kappa shape index (κ3) is 4.08.